The van der Waals surface area contributed by atoms with E-state index in [1.54, 1.807) is 14.2 Å². The fraction of sp³-hybridized carbons (Fsp3) is 0.233. The largest absolute Gasteiger partial charge is 0.497 e. The molecule has 0 bridgehead atoms. The van der Waals surface area contributed by atoms with E-state index in [9.17, 15) is 0 Å². The van der Waals surface area contributed by atoms with Crippen molar-refractivity contribution in [3.8, 4) is 17.2 Å². The summed E-state index contributed by atoms with van der Waals surface area (Å²) in [6.45, 7) is 3.70. The van der Waals surface area contributed by atoms with Crippen molar-refractivity contribution >= 4 is 21.8 Å². The molecule has 0 aliphatic heterocycles. The van der Waals surface area contributed by atoms with Crippen LogP contribution in [0.15, 0.2) is 84.9 Å². The van der Waals surface area contributed by atoms with E-state index < -0.39 is 0 Å². The molecule has 1 unspecified atom stereocenters. The lowest BCUT2D eigenvalue weighted by atomic mass is 9.97. The van der Waals surface area contributed by atoms with Gasteiger partial charge in [-0.25, -0.2) is 4.98 Å². The molecule has 1 atom stereocenters. The van der Waals surface area contributed by atoms with Gasteiger partial charge in [-0.1, -0.05) is 43.3 Å². The van der Waals surface area contributed by atoms with Crippen LogP contribution in [0.3, 0.4) is 0 Å². The molecule has 1 aromatic heterocycles. The SMILES string of the molecule is COc1ccc(OCCCn2c(C(C)c3ccc4cc(OC)ccc4c3)nc3ccccc32)cc1. The highest BCUT2D eigenvalue weighted by atomic mass is 16.5. The van der Waals surface area contributed by atoms with Crippen molar-refractivity contribution in [1.82, 2.24) is 9.55 Å². The van der Waals surface area contributed by atoms with Crippen LogP contribution >= 0.6 is 0 Å². The van der Waals surface area contributed by atoms with Gasteiger partial charge in [0.05, 0.1) is 31.9 Å². The van der Waals surface area contributed by atoms with E-state index in [2.05, 4.69) is 60.0 Å². The molecule has 35 heavy (non-hydrogen) atoms. The van der Waals surface area contributed by atoms with Crippen LogP contribution in [0.5, 0.6) is 17.2 Å². The number of ether oxygens (including phenoxy) is 3. The molecule has 0 aliphatic carbocycles. The van der Waals surface area contributed by atoms with Gasteiger partial charge in [0.25, 0.3) is 0 Å². The van der Waals surface area contributed by atoms with Gasteiger partial charge in [-0.15, -0.1) is 0 Å². The molecule has 5 rings (SSSR count). The normalized spacial score (nSPS) is 12.1. The minimum absolute atomic E-state index is 0.149. The Bertz CT molecular complexity index is 1440. The zero-order chi connectivity index (χ0) is 24.2. The van der Waals surface area contributed by atoms with Crippen molar-refractivity contribution in [3.63, 3.8) is 0 Å². The second-order valence-electron chi connectivity index (χ2n) is 8.68. The first kappa shape index (κ1) is 22.8. The van der Waals surface area contributed by atoms with Crippen LogP contribution in [0.25, 0.3) is 21.8 Å². The molecule has 1 heterocycles. The highest BCUT2D eigenvalue weighted by Gasteiger charge is 2.18. The van der Waals surface area contributed by atoms with Crippen molar-refractivity contribution in [2.45, 2.75) is 25.8 Å². The Kier molecular flexibility index (Phi) is 6.57. The summed E-state index contributed by atoms with van der Waals surface area (Å²) in [5, 5.41) is 2.37. The Morgan fingerprint density at radius 2 is 1.46 bits per heavy atom. The van der Waals surface area contributed by atoms with Crippen molar-refractivity contribution < 1.29 is 14.2 Å². The predicted octanol–water partition coefficient (Wildman–Crippen LogP) is 6.83. The van der Waals surface area contributed by atoms with Gasteiger partial charge in [0.2, 0.25) is 0 Å². The Morgan fingerprint density at radius 3 is 2.26 bits per heavy atom. The molecular formula is C30H30N2O3. The molecule has 0 saturated heterocycles. The average molecular weight is 467 g/mol. The van der Waals surface area contributed by atoms with Crippen LogP contribution in [0, 0.1) is 0 Å². The standard InChI is InChI=1S/C30H30N2O3/c1-21(22-9-10-24-20-27(34-3)12-11-23(24)19-22)30-31-28-7-4-5-8-29(28)32(30)17-6-18-35-26-15-13-25(33-2)14-16-26/h4-5,7-16,19-21H,6,17-18H2,1-3H3. The number of aryl methyl sites for hydroxylation is 1. The number of hydrogen-bond donors (Lipinski definition) is 0. The predicted molar refractivity (Wildman–Crippen MR) is 141 cm³/mol. The van der Waals surface area contributed by atoms with Crippen molar-refractivity contribution in [1.29, 1.82) is 0 Å². The summed E-state index contributed by atoms with van der Waals surface area (Å²) in [6, 6.07) is 28.9. The number of rotatable bonds is 9. The van der Waals surface area contributed by atoms with Gasteiger partial charge in [0, 0.05) is 12.5 Å². The molecule has 178 valence electrons. The molecule has 0 amide bonds. The smallest absolute Gasteiger partial charge is 0.119 e. The Morgan fingerprint density at radius 1 is 0.771 bits per heavy atom. The number of aromatic nitrogens is 2. The van der Waals surface area contributed by atoms with E-state index in [0.717, 1.165) is 47.1 Å². The maximum absolute atomic E-state index is 5.97. The molecule has 0 saturated carbocycles. The topological polar surface area (TPSA) is 45.5 Å². The highest BCUT2D eigenvalue weighted by molar-refractivity contribution is 5.85. The third kappa shape index (κ3) is 4.80. The maximum atomic E-state index is 5.97. The van der Waals surface area contributed by atoms with Crippen LogP contribution in [-0.4, -0.2) is 30.4 Å². The number of hydrogen-bond acceptors (Lipinski definition) is 4. The number of nitrogens with zero attached hydrogens (tertiary/aromatic N) is 2. The van der Waals surface area contributed by atoms with Gasteiger partial charge < -0.3 is 18.8 Å². The van der Waals surface area contributed by atoms with Crippen molar-refractivity contribution in [2.75, 3.05) is 20.8 Å². The van der Waals surface area contributed by atoms with E-state index in [1.165, 1.54) is 16.3 Å². The molecular weight excluding hydrogens is 436 g/mol. The van der Waals surface area contributed by atoms with Crippen LogP contribution in [0.1, 0.15) is 30.7 Å². The van der Waals surface area contributed by atoms with Gasteiger partial charge in [-0.05, 0) is 71.3 Å². The van der Waals surface area contributed by atoms with E-state index >= 15 is 0 Å². The second-order valence-corrected chi connectivity index (χ2v) is 8.68. The zero-order valence-corrected chi connectivity index (χ0v) is 20.4. The van der Waals surface area contributed by atoms with Crippen molar-refractivity contribution in [2.24, 2.45) is 0 Å². The van der Waals surface area contributed by atoms with Crippen LogP contribution in [-0.2, 0) is 6.54 Å². The maximum Gasteiger partial charge on any atom is 0.119 e. The number of imidazole rings is 1. The van der Waals surface area contributed by atoms with E-state index in [0.29, 0.717) is 6.61 Å². The minimum atomic E-state index is 0.149. The molecule has 5 aromatic rings. The fourth-order valence-corrected chi connectivity index (χ4v) is 4.53. The minimum Gasteiger partial charge on any atom is -0.497 e. The number of benzene rings is 4. The lowest BCUT2D eigenvalue weighted by Crippen LogP contribution is -2.11. The first-order valence-corrected chi connectivity index (χ1v) is 12.0. The molecule has 5 heteroatoms. The van der Waals surface area contributed by atoms with Gasteiger partial charge in [0.1, 0.15) is 23.1 Å². The summed E-state index contributed by atoms with van der Waals surface area (Å²) < 4.78 is 18.9. The van der Waals surface area contributed by atoms with Gasteiger partial charge >= 0.3 is 0 Å². The van der Waals surface area contributed by atoms with Crippen LogP contribution in [0.4, 0.5) is 0 Å². The lowest BCUT2D eigenvalue weighted by molar-refractivity contribution is 0.301. The fourth-order valence-electron chi connectivity index (χ4n) is 4.53. The van der Waals surface area contributed by atoms with Gasteiger partial charge in [0.15, 0.2) is 0 Å². The molecule has 0 radical (unpaired) electrons. The first-order chi connectivity index (χ1) is 17.2. The zero-order valence-electron chi connectivity index (χ0n) is 20.4. The Balaban J connectivity index is 1.37. The van der Waals surface area contributed by atoms with Crippen LogP contribution < -0.4 is 14.2 Å². The van der Waals surface area contributed by atoms with Crippen molar-refractivity contribution in [3.05, 3.63) is 96.3 Å². The summed E-state index contributed by atoms with van der Waals surface area (Å²) >= 11 is 0. The van der Waals surface area contributed by atoms with Gasteiger partial charge in [-0.2, -0.15) is 0 Å². The number of para-hydroxylation sites is 2. The summed E-state index contributed by atoms with van der Waals surface area (Å²) in [5.74, 6) is 3.77. The summed E-state index contributed by atoms with van der Waals surface area (Å²) in [6.07, 6.45) is 0.879. The third-order valence-corrected chi connectivity index (χ3v) is 6.50. The average Bonchev–Trinajstić information content (AvgIpc) is 3.29. The lowest BCUT2D eigenvalue weighted by Gasteiger charge is -2.16. The summed E-state index contributed by atoms with van der Waals surface area (Å²) in [4.78, 5) is 5.04. The highest BCUT2D eigenvalue weighted by Crippen LogP contribution is 2.31. The molecule has 0 N–H and O–H groups in total. The van der Waals surface area contributed by atoms with Crippen LogP contribution in [0.2, 0.25) is 0 Å². The summed E-state index contributed by atoms with van der Waals surface area (Å²) in [5.41, 5.74) is 3.42. The Labute approximate surface area is 205 Å². The van der Waals surface area contributed by atoms with E-state index in [4.69, 9.17) is 19.2 Å². The third-order valence-electron chi connectivity index (χ3n) is 6.50. The molecule has 4 aromatic carbocycles. The number of methoxy groups -OCH3 is 2. The van der Waals surface area contributed by atoms with Gasteiger partial charge in [-0.3, -0.25) is 0 Å². The molecule has 0 spiro atoms. The molecule has 0 fully saturated rings. The van der Waals surface area contributed by atoms with E-state index in [-0.39, 0.29) is 5.92 Å². The molecule has 5 nitrogen and oxygen atoms in total. The first-order valence-electron chi connectivity index (χ1n) is 12.0. The number of fused-ring (bicyclic) bond motifs is 2. The second kappa shape index (κ2) is 10.1. The summed E-state index contributed by atoms with van der Waals surface area (Å²) in [7, 11) is 3.36. The van der Waals surface area contributed by atoms with E-state index in [1.807, 2.05) is 36.4 Å². The quantitative estimate of drug-likeness (QED) is 0.223. The Hall–Kier alpha value is -3.99. The molecule has 0 aliphatic rings. The monoisotopic (exact) mass is 466 g/mol.